The van der Waals surface area contributed by atoms with Gasteiger partial charge in [-0.15, -0.1) is 0 Å². The van der Waals surface area contributed by atoms with Gasteiger partial charge in [-0.3, -0.25) is 0 Å². The Morgan fingerprint density at radius 1 is 0.324 bits per heavy atom. The van der Waals surface area contributed by atoms with Crippen molar-refractivity contribution in [3.05, 3.63) is 332 Å². The molecule has 0 saturated carbocycles. The second-order valence-electron chi connectivity index (χ2n) is 32.3. The zero-order chi connectivity index (χ0) is 82.4. The summed E-state index contributed by atoms with van der Waals surface area (Å²) < 4.78 is 116. The third-order valence-corrected chi connectivity index (χ3v) is 26.3. The topological polar surface area (TPSA) is 16.3 Å². The molecule has 0 saturated heterocycles. The summed E-state index contributed by atoms with van der Waals surface area (Å²) >= 11 is -1.69. The van der Waals surface area contributed by atoms with Crippen LogP contribution in [0.1, 0.15) is 94.1 Å². The summed E-state index contributed by atoms with van der Waals surface area (Å²) in [5.41, 5.74) is 17.7. The van der Waals surface area contributed by atoms with Gasteiger partial charge in [0.1, 0.15) is 0 Å². The van der Waals surface area contributed by atoms with Gasteiger partial charge >= 0.3 is 632 Å². The fourth-order valence-electron chi connectivity index (χ4n) is 17.5. The summed E-state index contributed by atoms with van der Waals surface area (Å²) in [6.07, 6.45) is 0. The standard InChI is InChI=1S/C102H79BN4Te/c1-100(2,3)69-54-78(62-29-14-10-15-30-62)96(79(55-69)63-31-16-11-17-32-63)106-87-61-73(105-86-44-27-24-41-76(86)94-77-50-47-67-38-28-37-66-45-46-68(53-88(94)105)93(77)92(66)67)48-51-83(87)103-95-89(106)58-71(102(7,8)9)59-90(95)107(97-80(64-33-18-12-19-34-64)56-70(101(4,5)6)57-81(97)65-35-20-13-21-36-65)98-82-60-72(49-52-91(82)108-99(98)103)104-84-42-25-22-39-74(84)75-40-23-26-43-85(75)104/h10-61H,1-9H3/i22D,23D,25D,26D,39D,40D,42D,43D,48D,51D,61D. The summed E-state index contributed by atoms with van der Waals surface area (Å²) in [5, 5.41) is 9.38. The molecule has 0 bridgehead atoms. The van der Waals surface area contributed by atoms with Gasteiger partial charge in [0.05, 0.1) is 0 Å². The van der Waals surface area contributed by atoms with Crippen molar-refractivity contribution in [1.82, 2.24) is 9.13 Å². The van der Waals surface area contributed by atoms with Crippen LogP contribution in [0, 0.1) is 0 Å². The molecule has 516 valence electrons. The van der Waals surface area contributed by atoms with E-state index in [0.29, 0.717) is 16.8 Å². The van der Waals surface area contributed by atoms with Crippen molar-refractivity contribution >= 4 is 160 Å². The van der Waals surface area contributed by atoms with Gasteiger partial charge in [0.2, 0.25) is 0 Å². The number of hydrogen-bond donors (Lipinski definition) is 0. The van der Waals surface area contributed by atoms with Crippen LogP contribution in [0.25, 0.3) is 141 Å². The van der Waals surface area contributed by atoms with Crippen LogP contribution in [0.4, 0.5) is 34.1 Å². The molecule has 0 radical (unpaired) electrons. The Morgan fingerprint density at radius 3 is 1.36 bits per heavy atom. The molecule has 16 aromatic carbocycles. The van der Waals surface area contributed by atoms with Crippen molar-refractivity contribution in [2.24, 2.45) is 0 Å². The van der Waals surface area contributed by atoms with Crippen molar-refractivity contribution in [3.8, 4) is 55.9 Å². The molecule has 0 fully saturated rings. The third-order valence-electron chi connectivity index (χ3n) is 22.8. The average Bonchev–Trinajstić information content (AvgIpc) is 1.66. The van der Waals surface area contributed by atoms with Crippen molar-refractivity contribution in [3.63, 3.8) is 0 Å². The first kappa shape index (κ1) is 54.0. The Morgan fingerprint density at radius 2 is 0.806 bits per heavy atom. The molecule has 2 aliphatic heterocycles. The number of para-hydroxylation sites is 3. The van der Waals surface area contributed by atoms with E-state index in [9.17, 15) is 12.3 Å². The monoisotopic (exact) mass is 1510 g/mol. The number of rotatable bonds is 8. The molecule has 2 aliphatic rings. The number of anilines is 6. The minimum atomic E-state index is -1.69. The SMILES string of the molecule is [2H]c1c([2H])c(-n2c3ccccc3c3c4ccc5cccc6ccc(cc32)c4c65)c([2H])c2c1B1c3[te]c4ccc(-n5c6c([2H])c([2H])c([2H])c([2H])c6c6c([2H])c([2H])c([2H])c([2H])c65)cc4c3N(c3c(-c4ccccc4)cc(C(C)(C)C)cc3-c3ccccc3)c3cc(C(C)(C)C)cc(c31)N2c1c(-c2ccccc2)cc(C(C)(C)C)cc1-c1ccccc1. The van der Waals surface area contributed by atoms with Gasteiger partial charge in [-0.2, -0.15) is 0 Å². The summed E-state index contributed by atoms with van der Waals surface area (Å²) in [6, 6.07) is 84.6. The Labute approximate surface area is 656 Å². The van der Waals surface area contributed by atoms with Gasteiger partial charge in [0, 0.05) is 0 Å². The van der Waals surface area contributed by atoms with E-state index < -0.39 is 80.9 Å². The van der Waals surface area contributed by atoms with Crippen LogP contribution < -0.4 is 24.2 Å². The van der Waals surface area contributed by atoms with E-state index in [2.05, 4.69) is 301 Å². The molecule has 4 nitrogen and oxygen atoms in total. The first-order valence-electron chi connectivity index (χ1n) is 42.8. The predicted octanol–water partition coefficient (Wildman–Crippen LogP) is 25.6. The van der Waals surface area contributed by atoms with Gasteiger partial charge in [0.15, 0.2) is 0 Å². The molecule has 19 aromatic rings. The van der Waals surface area contributed by atoms with Crippen LogP contribution >= 0.6 is 0 Å². The second kappa shape index (κ2) is 23.9. The Bertz CT molecular complexity index is 7410. The Kier molecular flexibility index (Phi) is 12.0. The zero-order valence-electron chi connectivity index (χ0n) is 72.4. The van der Waals surface area contributed by atoms with Gasteiger partial charge in [-0.1, -0.05) is 18.2 Å². The summed E-state index contributed by atoms with van der Waals surface area (Å²) in [7, 11) is 0. The van der Waals surface area contributed by atoms with Gasteiger partial charge in [-0.05, 0) is 10.8 Å². The van der Waals surface area contributed by atoms with Crippen molar-refractivity contribution < 1.29 is 15.1 Å². The number of hydrogen-bond acceptors (Lipinski definition) is 2. The molecule has 21 rings (SSSR count). The van der Waals surface area contributed by atoms with Crippen LogP contribution in [0.3, 0.4) is 0 Å². The van der Waals surface area contributed by atoms with Crippen molar-refractivity contribution in [2.45, 2.75) is 78.6 Å². The summed E-state index contributed by atoms with van der Waals surface area (Å²) in [5.74, 6) is 0. The Hall–Kier alpha value is -11.6. The number of fused-ring (bicyclic) bond motifs is 13. The second-order valence-corrected chi connectivity index (χ2v) is 35.4. The maximum atomic E-state index is 12.1. The van der Waals surface area contributed by atoms with Crippen molar-refractivity contribution in [1.29, 1.82) is 0 Å². The predicted molar refractivity (Wildman–Crippen MR) is 465 cm³/mol. The molecular weight excluding hydrogens is 1420 g/mol. The van der Waals surface area contributed by atoms with E-state index >= 15 is 0 Å². The summed E-state index contributed by atoms with van der Waals surface area (Å²) in [6.45, 7) is 19.5. The Balaban J connectivity index is 0.982. The molecule has 0 aliphatic carbocycles. The maximum absolute atomic E-state index is 12.1. The fourth-order valence-corrected chi connectivity index (χ4v) is 21.2. The van der Waals surface area contributed by atoms with E-state index in [1.807, 2.05) is 24.3 Å². The average molecular weight is 1510 g/mol. The molecule has 0 spiro atoms. The number of aromatic nitrogens is 2. The van der Waals surface area contributed by atoms with Crippen molar-refractivity contribution in [2.75, 3.05) is 9.80 Å². The van der Waals surface area contributed by atoms with E-state index in [1.54, 1.807) is 4.57 Å². The normalized spacial score (nSPS) is 14.6. The van der Waals surface area contributed by atoms with E-state index in [0.717, 1.165) is 156 Å². The summed E-state index contributed by atoms with van der Waals surface area (Å²) in [4.78, 5) is 4.86. The zero-order valence-corrected chi connectivity index (χ0v) is 63.8. The first-order valence-corrected chi connectivity index (χ1v) is 39.6. The van der Waals surface area contributed by atoms with Crippen LogP contribution in [-0.4, -0.2) is 36.3 Å². The number of nitrogens with zero attached hydrogens (tertiary/aromatic N) is 4. The quantitative estimate of drug-likeness (QED) is 0.111. The fraction of sp³-hybridized carbons (Fsp3) is 0.118. The molecule has 0 amide bonds. The van der Waals surface area contributed by atoms with Gasteiger partial charge < -0.3 is 0 Å². The molecule has 3 aromatic heterocycles. The molecule has 6 heteroatoms. The molecule has 0 atom stereocenters. The minimum absolute atomic E-state index is 0.0135. The van der Waals surface area contributed by atoms with Crippen LogP contribution in [0.2, 0.25) is 0 Å². The van der Waals surface area contributed by atoms with Crippen LogP contribution in [0.5, 0.6) is 0 Å². The van der Waals surface area contributed by atoms with E-state index in [-0.39, 0.29) is 56.5 Å². The number of benzene rings is 16. The van der Waals surface area contributed by atoms with Crippen LogP contribution in [0.15, 0.2) is 315 Å². The molecule has 0 N–H and O–H groups in total. The molecular formula is C102H79BN4Te. The molecule has 5 heterocycles. The first-order chi connectivity index (χ1) is 57.1. The molecule has 108 heavy (non-hydrogen) atoms. The van der Waals surface area contributed by atoms with E-state index in [1.165, 1.54) is 5.39 Å². The van der Waals surface area contributed by atoms with Crippen LogP contribution in [-0.2, 0) is 16.2 Å². The van der Waals surface area contributed by atoms with Gasteiger partial charge in [-0.25, -0.2) is 0 Å². The van der Waals surface area contributed by atoms with Gasteiger partial charge in [0.25, 0.3) is 0 Å². The molecule has 0 unspecified atom stereocenters. The van der Waals surface area contributed by atoms with E-state index in [4.69, 9.17) is 2.74 Å². The third kappa shape index (κ3) is 9.82.